The van der Waals surface area contributed by atoms with Gasteiger partial charge < -0.3 is 5.32 Å². The summed E-state index contributed by atoms with van der Waals surface area (Å²) in [6.07, 6.45) is 0. The van der Waals surface area contributed by atoms with Gasteiger partial charge in [-0.1, -0.05) is 78.9 Å². The van der Waals surface area contributed by atoms with Crippen LogP contribution < -0.4 is 5.32 Å². The average Bonchev–Trinajstić information content (AvgIpc) is 2.71. The fourth-order valence-corrected chi connectivity index (χ4v) is 2.84. The number of pyridine rings is 1. The first kappa shape index (κ1) is 16.0. The van der Waals surface area contributed by atoms with Crippen molar-refractivity contribution in [2.45, 2.75) is 0 Å². The van der Waals surface area contributed by atoms with Gasteiger partial charge in [0.05, 0.1) is 11.4 Å². The molecule has 0 aliphatic rings. The third kappa shape index (κ3) is 3.33. The Balaban J connectivity index is 1.87. The number of rotatable bonds is 4. The highest BCUT2D eigenvalue weighted by molar-refractivity contribution is 5.75. The largest absolute Gasteiger partial charge is 0.353 e. The van der Waals surface area contributed by atoms with E-state index in [1.807, 2.05) is 91.0 Å². The minimum Gasteiger partial charge on any atom is -0.353 e. The molecule has 126 valence electrons. The summed E-state index contributed by atoms with van der Waals surface area (Å²) in [5.41, 5.74) is 3.99. The van der Waals surface area contributed by atoms with Crippen molar-refractivity contribution in [2.24, 2.45) is 0 Å². The fraction of sp³-hybridized carbons (Fsp3) is 0. The predicted octanol–water partition coefficient (Wildman–Crippen LogP) is 6.30. The predicted molar refractivity (Wildman–Crippen MR) is 105 cm³/mol. The highest BCUT2D eigenvalue weighted by atomic mass is 19.1. The van der Waals surface area contributed by atoms with E-state index in [9.17, 15) is 0 Å². The topological polar surface area (TPSA) is 24.9 Å². The van der Waals surface area contributed by atoms with Gasteiger partial charge >= 0.3 is 0 Å². The molecule has 3 aromatic carbocycles. The third-order valence-electron chi connectivity index (χ3n) is 4.13. The van der Waals surface area contributed by atoms with Crippen molar-refractivity contribution in [3.63, 3.8) is 0 Å². The number of anilines is 2. The normalized spacial score (nSPS) is 10.5. The lowest BCUT2D eigenvalue weighted by Gasteiger charge is -2.13. The van der Waals surface area contributed by atoms with E-state index in [4.69, 9.17) is 0 Å². The maximum absolute atomic E-state index is 15.2. The second-order valence-corrected chi connectivity index (χ2v) is 5.94. The monoisotopic (exact) mass is 340 g/mol. The summed E-state index contributed by atoms with van der Waals surface area (Å²) in [4.78, 5) is 4.60. The number of aromatic nitrogens is 1. The minimum atomic E-state index is -0.361. The van der Waals surface area contributed by atoms with Gasteiger partial charge in [-0.3, -0.25) is 0 Å². The van der Waals surface area contributed by atoms with Gasteiger partial charge in [-0.2, -0.15) is 0 Å². The Kier molecular flexibility index (Phi) is 4.44. The maximum Gasteiger partial charge on any atom is 0.172 e. The zero-order valence-electron chi connectivity index (χ0n) is 14.1. The van der Waals surface area contributed by atoms with Crippen LogP contribution in [0.15, 0.2) is 97.1 Å². The average molecular weight is 340 g/mol. The standard InChI is InChI=1S/C23H17FN2/c24-22-21(25-19-14-8-3-9-15-19)16-20(17-10-4-1-5-11-17)26-23(22)18-12-6-2-7-13-18/h1-16H,(H,25,26). The molecule has 0 fully saturated rings. The van der Waals surface area contributed by atoms with Crippen LogP contribution in [0.25, 0.3) is 22.5 Å². The Morgan fingerprint density at radius 3 is 1.81 bits per heavy atom. The van der Waals surface area contributed by atoms with Gasteiger partial charge in [-0.05, 0) is 18.2 Å². The molecule has 0 amide bonds. The van der Waals surface area contributed by atoms with Crippen molar-refractivity contribution >= 4 is 11.4 Å². The van der Waals surface area contributed by atoms with Crippen molar-refractivity contribution in [2.75, 3.05) is 5.32 Å². The summed E-state index contributed by atoms with van der Waals surface area (Å²) in [5.74, 6) is -0.361. The van der Waals surface area contributed by atoms with Crippen LogP contribution in [-0.4, -0.2) is 4.98 Å². The zero-order chi connectivity index (χ0) is 17.8. The molecule has 1 aromatic heterocycles. The van der Waals surface area contributed by atoms with Crippen LogP contribution in [-0.2, 0) is 0 Å². The van der Waals surface area contributed by atoms with E-state index in [1.165, 1.54) is 0 Å². The van der Waals surface area contributed by atoms with Gasteiger partial charge in [0.1, 0.15) is 5.69 Å². The molecule has 3 heteroatoms. The summed E-state index contributed by atoms with van der Waals surface area (Å²) >= 11 is 0. The smallest absolute Gasteiger partial charge is 0.172 e. The van der Waals surface area contributed by atoms with Crippen LogP contribution in [0.1, 0.15) is 0 Å². The molecular formula is C23H17FN2. The Labute approximate surface area is 152 Å². The lowest BCUT2D eigenvalue weighted by molar-refractivity contribution is 0.630. The molecule has 0 radical (unpaired) electrons. The number of benzene rings is 3. The Morgan fingerprint density at radius 2 is 1.19 bits per heavy atom. The minimum absolute atomic E-state index is 0.338. The van der Waals surface area contributed by atoms with Crippen LogP contribution in [0.3, 0.4) is 0 Å². The molecule has 26 heavy (non-hydrogen) atoms. The van der Waals surface area contributed by atoms with Crippen LogP contribution in [0.4, 0.5) is 15.8 Å². The third-order valence-corrected chi connectivity index (χ3v) is 4.13. The summed E-state index contributed by atoms with van der Waals surface area (Å²) in [6, 6.07) is 30.5. The van der Waals surface area contributed by atoms with E-state index >= 15 is 4.39 Å². The van der Waals surface area contributed by atoms with Gasteiger partial charge in [-0.15, -0.1) is 0 Å². The van der Waals surface area contributed by atoms with E-state index < -0.39 is 0 Å². The van der Waals surface area contributed by atoms with Crippen molar-refractivity contribution in [3.8, 4) is 22.5 Å². The molecule has 0 atom stereocenters. The molecule has 0 spiro atoms. The Hall–Kier alpha value is -3.46. The van der Waals surface area contributed by atoms with Crippen molar-refractivity contribution in [1.29, 1.82) is 0 Å². The highest BCUT2D eigenvalue weighted by Gasteiger charge is 2.15. The molecule has 4 rings (SSSR count). The number of para-hydroxylation sites is 1. The summed E-state index contributed by atoms with van der Waals surface area (Å²) < 4.78 is 15.2. The molecule has 1 heterocycles. The van der Waals surface area contributed by atoms with Gasteiger partial charge in [0.15, 0.2) is 5.82 Å². The number of hydrogen-bond acceptors (Lipinski definition) is 2. The summed E-state index contributed by atoms with van der Waals surface area (Å²) in [6.45, 7) is 0. The quantitative estimate of drug-likeness (QED) is 0.471. The second kappa shape index (κ2) is 7.19. The molecule has 2 nitrogen and oxygen atoms in total. The number of halogens is 1. The maximum atomic E-state index is 15.2. The van der Waals surface area contributed by atoms with E-state index in [2.05, 4.69) is 10.3 Å². The second-order valence-electron chi connectivity index (χ2n) is 5.94. The van der Waals surface area contributed by atoms with Crippen molar-refractivity contribution in [1.82, 2.24) is 4.98 Å². The van der Waals surface area contributed by atoms with Crippen LogP contribution >= 0.6 is 0 Å². The van der Waals surface area contributed by atoms with E-state index in [-0.39, 0.29) is 5.82 Å². The molecule has 0 saturated heterocycles. The Bertz CT molecular complexity index is 1000. The molecular weight excluding hydrogens is 323 g/mol. The van der Waals surface area contributed by atoms with Crippen LogP contribution in [0.2, 0.25) is 0 Å². The number of nitrogens with one attached hydrogen (secondary N) is 1. The number of nitrogens with zero attached hydrogens (tertiary/aromatic N) is 1. The molecule has 0 aliphatic carbocycles. The first-order valence-electron chi connectivity index (χ1n) is 8.45. The molecule has 1 N–H and O–H groups in total. The first-order chi connectivity index (χ1) is 12.8. The highest BCUT2D eigenvalue weighted by Crippen LogP contribution is 2.32. The van der Waals surface area contributed by atoms with E-state index in [0.29, 0.717) is 11.4 Å². The first-order valence-corrected chi connectivity index (χ1v) is 8.45. The van der Waals surface area contributed by atoms with Gasteiger partial charge in [0, 0.05) is 16.8 Å². The fourth-order valence-electron chi connectivity index (χ4n) is 2.84. The molecule has 4 aromatic rings. The van der Waals surface area contributed by atoms with Crippen molar-refractivity contribution < 1.29 is 4.39 Å². The summed E-state index contributed by atoms with van der Waals surface area (Å²) in [7, 11) is 0. The molecule has 0 bridgehead atoms. The van der Waals surface area contributed by atoms with Gasteiger partial charge in [-0.25, -0.2) is 9.37 Å². The Morgan fingerprint density at radius 1 is 0.654 bits per heavy atom. The molecule has 0 aliphatic heterocycles. The number of hydrogen-bond donors (Lipinski definition) is 1. The lowest BCUT2D eigenvalue weighted by Crippen LogP contribution is -2.00. The zero-order valence-corrected chi connectivity index (χ0v) is 14.1. The van der Waals surface area contributed by atoms with E-state index in [0.717, 1.165) is 22.5 Å². The molecule has 0 saturated carbocycles. The summed E-state index contributed by atoms with van der Waals surface area (Å²) in [5, 5.41) is 3.18. The van der Waals surface area contributed by atoms with E-state index in [1.54, 1.807) is 6.07 Å². The van der Waals surface area contributed by atoms with Gasteiger partial charge in [0.2, 0.25) is 0 Å². The van der Waals surface area contributed by atoms with Gasteiger partial charge in [0.25, 0.3) is 0 Å². The van der Waals surface area contributed by atoms with Crippen LogP contribution in [0, 0.1) is 5.82 Å². The molecule has 0 unspecified atom stereocenters. The van der Waals surface area contributed by atoms with Crippen molar-refractivity contribution in [3.05, 3.63) is 103 Å². The lowest BCUT2D eigenvalue weighted by atomic mass is 10.1. The van der Waals surface area contributed by atoms with Crippen LogP contribution in [0.5, 0.6) is 0 Å². The SMILES string of the molecule is Fc1c(Nc2ccccc2)cc(-c2ccccc2)nc1-c1ccccc1.